The van der Waals surface area contributed by atoms with Gasteiger partial charge < -0.3 is 4.57 Å². The molecule has 4 rings (SSSR count). The molecule has 0 spiro atoms. The number of halogens is 3. The van der Waals surface area contributed by atoms with Crippen LogP contribution in [0.15, 0.2) is 42.6 Å². The SMILES string of the molecule is CC(C)(C)Cn1cc(CNS(=O)C2CC2)c2ccc(-c3c(F)cccc3C(F)F)cc21. The highest BCUT2D eigenvalue weighted by atomic mass is 32.2. The van der Waals surface area contributed by atoms with E-state index < -0.39 is 23.2 Å². The van der Waals surface area contributed by atoms with Crippen LogP contribution in [0.1, 0.15) is 51.2 Å². The first-order valence-corrected chi connectivity index (χ1v) is 11.7. The number of hydrogen-bond acceptors (Lipinski definition) is 1. The average molecular weight is 449 g/mol. The highest BCUT2D eigenvalue weighted by molar-refractivity contribution is 7.83. The number of hydrogen-bond donors (Lipinski definition) is 1. The van der Waals surface area contributed by atoms with Gasteiger partial charge in [0.2, 0.25) is 0 Å². The maximum Gasteiger partial charge on any atom is 0.264 e. The molecule has 166 valence electrons. The van der Waals surface area contributed by atoms with Crippen molar-refractivity contribution in [3.63, 3.8) is 0 Å². The standard InChI is InChI=1S/C24H27F3N2OS/c1-24(2,3)14-29-13-16(12-28-31(30)17-8-9-17)18-10-7-15(11-21(18)29)22-19(23(26)27)5-4-6-20(22)25/h4-7,10-11,13,17,23,28H,8-9,12,14H2,1-3H3. The molecule has 0 amide bonds. The van der Waals surface area contributed by atoms with E-state index in [1.807, 2.05) is 12.3 Å². The van der Waals surface area contributed by atoms with Gasteiger partial charge in [-0.05, 0) is 41.5 Å². The van der Waals surface area contributed by atoms with Gasteiger partial charge in [0.1, 0.15) is 5.82 Å². The second kappa shape index (κ2) is 8.43. The molecule has 0 bridgehead atoms. The summed E-state index contributed by atoms with van der Waals surface area (Å²) in [6.07, 6.45) is 1.24. The minimum absolute atomic E-state index is 0.0182. The first kappa shape index (κ1) is 22.1. The van der Waals surface area contributed by atoms with Crippen LogP contribution in [0.3, 0.4) is 0 Å². The smallest absolute Gasteiger partial charge is 0.264 e. The molecule has 0 saturated heterocycles. The normalized spacial score (nSPS) is 15.7. The van der Waals surface area contributed by atoms with Gasteiger partial charge in [-0.15, -0.1) is 0 Å². The van der Waals surface area contributed by atoms with E-state index in [-0.39, 0.29) is 21.8 Å². The third-order valence-electron chi connectivity index (χ3n) is 5.41. The van der Waals surface area contributed by atoms with Gasteiger partial charge in [-0.1, -0.05) is 45.0 Å². The lowest BCUT2D eigenvalue weighted by Crippen LogP contribution is -2.19. The van der Waals surface area contributed by atoms with E-state index in [2.05, 4.69) is 30.1 Å². The largest absolute Gasteiger partial charge is 0.347 e. The molecule has 1 aliphatic rings. The molecule has 1 unspecified atom stereocenters. The number of rotatable bonds is 7. The highest BCUT2D eigenvalue weighted by Gasteiger charge is 2.28. The van der Waals surface area contributed by atoms with E-state index in [9.17, 15) is 17.4 Å². The predicted molar refractivity (Wildman–Crippen MR) is 120 cm³/mol. The van der Waals surface area contributed by atoms with Gasteiger partial charge in [0.15, 0.2) is 0 Å². The Hall–Kier alpha value is -2.12. The summed E-state index contributed by atoms with van der Waals surface area (Å²) in [5.41, 5.74) is 1.88. The van der Waals surface area contributed by atoms with Crippen LogP contribution in [0, 0.1) is 11.2 Å². The summed E-state index contributed by atoms with van der Waals surface area (Å²) in [6.45, 7) is 7.52. The van der Waals surface area contributed by atoms with Crippen molar-refractivity contribution in [3.05, 3.63) is 59.5 Å². The van der Waals surface area contributed by atoms with Crippen molar-refractivity contribution in [3.8, 4) is 11.1 Å². The molecule has 3 nitrogen and oxygen atoms in total. The Morgan fingerprint density at radius 3 is 2.58 bits per heavy atom. The summed E-state index contributed by atoms with van der Waals surface area (Å²) in [5.74, 6) is -0.659. The van der Waals surface area contributed by atoms with Crippen molar-refractivity contribution in [1.82, 2.24) is 9.29 Å². The summed E-state index contributed by atoms with van der Waals surface area (Å²) in [5, 5.41) is 1.19. The van der Waals surface area contributed by atoms with E-state index in [1.54, 1.807) is 12.1 Å². The van der Waals surface area contributed by atoms with Gasteiger partial charge in [-0.3, -0.25) is 0 Å². The number of benzene rings is 2. The van der Waals surface area contributed by atoms with E-state index >= 15 is 0 Å². The molecule has 1 fully saturated rings. The zero-order valence-corrected chi connectivity index (χ0v) is 18.7. The first-order chi connectivity index (χ1) is 14.6. The Bertz CT molecular complexity index is 1130. The van der Waals surface area contributed by atoms with Gasteiger partial charge in [-0.2, -0.15) is 0 Å². The Morgan fingerprint density at radius 1 is 1.19 bits per heavy atom. The lowest BCUT2D eigenvalue weighted by Gasteiger charge is -2.20. The molecule has 1 saturated carbocycles. The van der Waals surface area contributed by atoms with Gasteiger partial charge in [0.05, 0.1) is 11.0 Å². The third-order valence-corrected chi connectivity index (χ3v) is 6.92. The highest BCUT2D eigenvalue weighted by Crippen LogP contribution is 2.36. The molecular weight excluding hydrogens is 421 g/mol. The van der Waals surface area contributed by atoms with Crippen molar-refractivity contribution in [1.29, 1.82) is 0 Å². The van der Waals surface area contributed by atoms with Crippen LogP contribution in [0.2, 0.25) is 0 Å². The molecular formula is C24H27F3N2OS. The van der Waals surface area contributed by atoms with Crippen LogP contribution >= 0.6 is 0 Å². The van der Waals surface area contributed by atoms with Crippen molar-refractivity contribution in [2.45, 2.75) is 58.4 Å². The Labute approximate surface area is 183 Å². The lowest BCUT2D eigenvalue weighted by molar-refractivity contribution is 0.151. The van der Waals surface area contributed by atoms with Crippen LogP contribution in [0.4, 0.5) is 13.2 Å². The molecule has 1 aliphatic carbocycles. The van der Waals surface area contributed by atoms with Crippen molar-refractivity contribution in [2.75, 3.05) is 0 Å². The van der Waals surface area contributed by atoms with Crippen LogP contribution in [0.25, 0.3) is 22.0 Å². The van der Waals surface area contributed by atoms with Gasteiger partial charge in [0.25, 0.3) is 6.43 Å². The first-order valence-electron chi connectivity index (χ1n) is 10.5. The molecule has 2 aromatic carbocycles. The Morgan fingerprint density at radius 2 is 1.94 bits per heavy atom. The molecule has 1 atom stereocenters. The average Bonchev–Trinajstić information content (AvgIpc) is 3.49. The van der Waals surface area contributed by atoms with E-state index in [0.717, 1.165) is 29.3 Å². The summed E-state index contributed by atoms with van der Waals surface area (Å²) in [4.78, 5) is 0. The zero-order chi connectivity index (χ0) is 22.3. The van der Waals surface area contributed by atoms with Crippen LogP contribution in [0.5, 0.6) is 0 Å². The summed E-state index contributed by atoms with van der Waals surface area (Å²) < 4.78 is 59.1. The monoisotopic (exact) mass is 448 g/mol. The Kier molecular flexibility index (Phi) is 6.01. The van der Waals surface area contributed by atoms with Crippen molar-refractivity contribution < 1.29 is 17.4 Å². The van der Waals surface area contributed by atoms with E-state index in [0.29, 0.717) is 18.7 Å². The maximum absolute atomic E-state index is 14.6. The minimum atomic E-state index is -2.76. The molecule has 0 aliphatic heterocycles. The quantitative estimate of drug-likeness (QED) is 0.449. The van der Waals surface area contributed by atoms with E-state index in [1.165, 1.54) is 18.2 Å². The molecule has 1 heterocycles. The second-order valence-electron chi connectivity index (χ2n) is 9.40. The van der Waals surface area contributed by atoms with Crippen LogP contribution < -0.4 is 4.72 Å². The fraction of sp³-hybridized carbons (Fsp3) is 0.417. The summed E-state index contributed by atoms with van der Waals surface area (Å²) in [7, 11) is -1.05. The predicted octanol–water partition coefficient (Wildman–Crippen LogP) is 6.35. The lowest BCUT2D eigenvalue weighted by atomic mass is 9.96. The second-order valence-corrected chi connectivity index (χ2v) is 10.9. The van der Waals surface area contributed by atoms with E-state index in [4.69, 9.17) is 0 Å². The molecule has 1 aromatic heterocycles. The summed E-state index contributed by atoms with van der Waals surface area (Å²) in [6, 6.07) is 9.11. The van der Waals surface area contributed by atoms with Crippen LogP contribution in [-0.4, -0.2) is 14.0 Å². The van der Waals surface area contributed by atoms with Gasteiger partial charge in [0, 0.05) is 46.6 Å². The number of nitrogens with one attached hydrogen (secondary N) is 1. The zero-order valence-electron chi connectivity index (χ0n) is 17.9. The molecule has 7 heteroatoms. The third kappa shape index (κ3) is 4.88. The topological polar surface area (TPSA) is 34.0 Å². The number of fused-ring (bicyclic) bond motifs is 1. The van der Waals surface area contributed by atoms with Gasteiger partial charge >= 0.3 is 0 Å². The maximum atomic E-state index is 14.6. The number of alkyl halides is 2. The minimum Gasteiger partial charge on any atom is -0.347 e. The van der Waals surface area contributed by atoms with Crippen molar-refractivity contribution in [2.24, 2.45) is 5.41 Å². The fourth-order valence-corrected chi connectivity index (χ4v) is 4.98. The molecule has 0 radical (unpaired) electrons. The van der Waals surface area contributed by atoms with Gasteiger partial charge in [-0.25, -0.2) is 22.1 Å². The Balaban J connectivity index is 1.79. The number of nitrogens with zero attached hydrogens (tertiary/aromatic N) is 1. The van der Waals surface area contributed by atoms with Crippen LogP contribution in [-0.2, 0) is 24.1 Å². The number of aromatic nitrogens is 1. The molecule has 31 heavy (non-hydrogen) atoms. The molecule has 1 N–H and O–H groups in total. The van der Waals surface area contributed by atoms with Crippen molar-refractivity contribution >= 4 is 21.9 Å². The molecule has 3 aromatic rings. The summed E-state index contributed by atoms with van der Waals surface area (Å²) >= 11 is 0. The fourth-order valence-electron chi connectivity index (χ4n) is 3.88.